The summed E-state index contributed by atoms with van der Waals surface area (Å²) >= 11 is 0. The van der Waals surface area contributed by atoms with Crippen LogP contribution < -0.4 is 0 Å². The number of hydrogen-bond acceptors (Lipinski definition) is 3. The third-order valence-electron chi connectivity index (χ3n) is 2.70. The summed E-state index contributed by atoms with van der Waals surface area (Å²) in [6.45, 7) is 1.39. The van der Waals surface area contributed by atoms with Crippen molar-refractivity contribution in [3.05, 3.63) is 35.9 Å². The molecule has 0 aliphatic heterocycles. The molecule has 0 heterocycles. The minimum atomic E-state index is -1.18. The van der Waals surface area contributed by atoms with Gasteiger partial charge in [0.1, 0.15) is 11.7 Å². The van der Waals surface area contributed by atoms with Crippen molar-refractivity contribution >= 4 is 12.1 Å². The van der Waals surface area contributed by atoms with Gasteiger partial charge in [-0.1, -0.05) is 30.3 Å². The maximum absolute atomic E-state index is 11.7. The molecule has 0 radical (unpaired) electrons. The molecule has 0 amide bonds. The monoisotopic (exact) mass is 215 g/mol. The van der Waals surface area contributed by atoms with Crippen LogP contribution in [0.4, 0.5) is 0 Å². The Bertz CT molecular complexity index is 419. The highest BCUT2D eigenvalue weighted by molar-refractivity contribution is 5.91. The number of nitrogens with zero attached hydrogens (tertiary/aromatic N) is 1. The molecule has 0 spiro atoms. The fraction of sp³-hybridized carbons (Fsp3) is 0.308. The van der Waals surface area contributed by atoms with Gasteiger partial charge < -0.3 is 4.79 Å². The summed E-state index contributed by atoms with van der Waals surface area (Å²) in [5.41, 5.74) is -0.519. The molecule has 16 heavy (non-hydrogen) atoms. The van der Waals surface area contributed by atoms with Crippen molar-refractivity contribution in [2.75, 3.05) is 0 Å². The fourth-order valence-electron chi connectivity index (χ4n) is 1.72. The highest BCUT2D eigenvalue weighted by Crippen LogP contribution is 2.29. The van der Waals surface area contributed by atoms with Gasteiger partial charge in [-0.15, -0.1) is 0 Å². The van der Waals surface area contributed by atoms with Crippen molar-refractivity contribution in [1.82, 2.24) is 0 Å². The Morgan fingerprint density at radius 2 is 2.06 bits per heavy atom. The zero-order chi connectivity index (χ0) is 12.0. The van der Waals surface area contributed by atoms with Crippen molar-refractivity contribution in [3.8, 4) is 6.07 Å². The van der Waals surface area contributed by atoms with Crippen LogP contribution in [0.15, 0.2) is 30.3 Å². The highest BCUT2D eigenvalue weighted by atomic mass is 16.1. The lowest BCUT2D eigenvalue weighted by atomic mass is 9.75. The van der Waals surface area contributed by atoms with Gasteiger partial charge in [-0.05, 0) is 18.9 Å². The first kappa shape index (κ1) is 12.1. The Hall–Kier alpha value is -1.95. The predicted octanol–water partition coefficient (Wildman–Crippen LogP) is 2.02. The number of aldehydes is 1. The smallest absolute Gasteiger partial charge is 0.154 e. The highest BCUT2D eigenvalue weighted by Gasteiger charge is 2.36. The van der Waals surface area contributed by atoms with Gasteiger partial charge in [0, 0.05) is 6.42 Å². The summed E-state index contributed by atoms with van der Waals surface area (Å²) in [5.74, 6) is -0.219. The van der Waals surface area contributed by atoms with Crippen LogP contribution in [-0.4, -0.2) is 12.1 Å². The Morgan fingerprint density at radius 3 is 2.50 bits per heavy atom. The number of rotatable bonds is 5. The molecule has 0 aliphatic carbocycles. The summed E-state index contributed by atoms with van der Waals surface area (Å²) in [4.78, 5) is 22.1. The Labute approximate surface area is 94.7 Å². The molecule has 0 aromatic heterocycles. The number of ketones is 1. The molecule has 1 rings (SSSR count). The average Bonchev–Trinajstić information content (AvgIpc) is 2.31. The van der Waals surface area contributed by atoms with Gasteiger partial charge in [-0.25, -0.2) is 0 Å². The van der Waals surface area contributed by atoms with Crippen molar-refractivity contribution < 1.29 is 9.59 Å². The van der Waals surface area contributed by atoms with Crippen molar-refractivity contribution in [2.24, 2.45) is 0 Å². The largest absolute Gasteiger partial charge is 0.303 e. The van der Waals surface area contributed by atoms with E-state index in [1.165, 1.54) is 6.92 Å². The lowest BCUT2D eigenvalue weighted by molar-refractivity contribution is -0.121. The van der Waals surface area contributed by atoms with E-state index in [0.717, 1.165) is 6.29 Å². The predicted molar refractivity (Wildman–Crippen MR) is 59.7 cm³/mol. The average molecular weight is 215 g/mol. The minimum absolute atomic E-state index is 0.210. The molecule has 0 fully saturated rings. The van der Waals surface area contributed by atoms with E-state index in [2.05, 4.69) is 6.07 Å². The van der Waals surface area contributed by atoms with E-state index in [-0.39, 0.29) is 18.6 Å². The van der Waals surface area contributed by atoms with Gasteiger partial charge in [0.25, 0.3) is 0 Å². The van der Waals surface area contributed by atoms with Gasteiger partial charge in [0.2, 0.25) is 0 Å². The van der Waals surface area contributed by atoms with Crippen molar-refractivity contribution in [1.29, 1.82) is 5.26 Å². The normalized spacial score (nSPS) is 13.5. The van der Waals surface area contributed by atoms with E-state index in [9.17, 15) is 14.9 Å². The second-order valence-corrected chi connectivity index (χ2v) is 3.64. The third-order valence-corrected chi connectivity index (χ3v) is 2.70. The number of carbonyl (C=O) groups is 2. The lowest BCUT2D eigenvalue weighted by Gasteiger charge is -2.23. The van der Waals surface area contributed by atoms with Crippen LogP contribution in [0.2, 0.25) is 0 Å². The maximum atomic E-state index is 11.7. The molecular formula is C13H13NO2. The van der Waals surface area contributed by atoms with E-state index < -0.39 is 5.41 Å². The summed E-state index contributed by atoms with van der Waals surface area (Å²) in [6, 6.07) is 10.9. The van der Waals surface area contributed by atoms with E-state index in [1.54, 1.807) is 24.3 Å². The molecule has 0 saturated carbocycles. The zero-order valence-electron chi connectivity index (χ0n) is 9.14. The van der Waals surface area contributed by atoms with Gasteiger partial charge in [-0.2, -0.15) is 5.26 Å². The standard InChI is InChI=1S/C13H13NO2/c1-11(16)13(10-14,8-5-9-15)12-6-3-2-4-7-12/h2-4,6-7,9H,5,8H2,1H3. The van der Waals surface area contributed by atoms with Crippen LogP contribution >= 0.6 is 0 Å². The molecule has 0 aliphatic rings. The summed E-state index contributed by atoms with van der Waals surface area (Å²) in [6.07, 6.45) is 1.19. The molecule has 0 saturated heterocycles. The van der Waals surface area contributed by atoms with Gasteiger partial charge in [-0.3, -0.25) is 4.79 Å². The number of carbonyl (C=O) groups excluding carboxylic acids is 2. The fourth-order valence-corrected chi connectivity index (χ4v) is 1.72. The molecule has 82 valence electrons. The molecule has 0 bridgehead atoms. The van der Waals surface area contributed by atoms with Gasteiger partial charge in [0.05, 0.1) is 6.07 Å². The number of hydrogen-bond donors (Lipinski definition) is 0. The van der Waals surface area contributed by atoms with E-state index >= 15 is 0 Å². The quantitative estimate of drug-likeness (QED) is 0.706. The molecule has 1 aromatic rings. The van der Waals surface area contributed by atoms with Crippen LogP contribution in [0.25, 0.3) is 0 Å². The maximum Gasteiger partial charge on any atom is 0.154 e. The first-order valence-electron chi connectivity index (χ1n) is 5.09. The third kappa shape index (κ3) is 2.17. The lowest BCUT2D eigenvalue weighted by Crippen LogP contribution is -2.32. The summed E-state index contributed by atoms with van der Waals surface area (Å²) < 4.78 is 0. The Kier molecular flexibility index (Phi) is 3.96. The summed E-state index contributed by atoms with van der Waals surface area (Å²) in [7, 11) is 0. The van der Waals surface area contributed by atoms with E-state index in [4.69, 9.17) is 0 Å². The molecular weight excluding hydrogens is 202 g/mol. The summed E-state index contributed by atoms with van der Waals surface area (Å²) in [5, 5.41) is 9.24. The first-order valence-corrected chi connectivity index (χ1v) is 5.09. The van der Waals surface area contributed by atoms with Crippen LogP contribution in [0.1, 0.15) is 25.3 Å². The first-order chi connectivity index (χ1) is 7.67. The van der Waals surface area contributed by atoms with Crippen molar-refractivity contribution in [2.45, 2.75) is 25.2 Å². The zero-order valence-corrected chi connectivity index (χ0v) is 9.14. The molecule has 1 atom stereocenters. The molecule has 3 nitrogen and oxygen atoms in total. The molecule has 1 unspecified atom stereocenters. The van der Waals surface area contributed by atoms with Gasteiger partial charge in [0.15, 0.2) is 5.78 Å². The number of benzene rings is 1. The molecule has 3 heteroatoms. The topological polar surface area (TPSA) is 57.9 Å². The second kappa shape index (κ2) is 5.22. The Balaban J connectivity index is 3.19. The van der Waals surface area contributed by atoms with Crippen LogP contribution in [0.5, 0.6) is 0 Å². The second-order valence-electron chi connectivity index (χ2n) is 3.64. The Morgan fingerprint density at radius 1 is 1.44 bits per heavy atom. The minimum Gasteiger partial charge on any atom is -0.303 e. The SMILES string of the molecule is CC(=O)C(C#N)(CCC=O)c1ccccc1. The van der Waals surface area contributed by atoms with E-state index in [1.807, 2.05) is 6.07 Å². The molecule has 0 N–H and O–H groups in total. The van der Waals surface area contributed by atoms with Gasteiger partial charge >= 0.3 is 0 Å². The van der Waals surface area contributed by atoms with E-state index in [0.29, 0.717) is 5.56 Å². The van der Waals surface area contributed by atoms with Crippen LogP contribution in [0.3, 0.4) is 0 Å². The van der Waals surface area contributed by atoms with Crippen LogP contribution in [0, 0.1) is 11.3 Å². The van der Waals surface area contributed by atoms with Crippen LogP contribution in [-0.2, 0) is 15.0 Å². The molecule has 1 aromatic carbocycles. The number of Topliss-reactive ketones (excluding diaryl/α,β-unsaturated/α-hetero) is 1. The number of nitriles is 1. The van der Waals surface area contributed by atoms with Crippen molar-refractivity contribution in [3.63, 3.8) is 0 Å².